The van der Waals surface area contributed by atoms with Crippen LogP contribution in [0.3, 0.4) is 0 Å². The molecule has 5 heteroatoms. The van der Waals surface area contributed by atoms with Gasteiger partial charge in [-0.05, 0) is 42.8 Å². The summed E-state index contributed by atoms with van der Waals surface area (Å²) < 4.78 is 2.20. The summed E-state index contributed by atoms with van der Waals surface area (Å²) in [5, 5.41) is 6.96. The minimum Gasteiger partial charge on any atom is -0.383 e. The molecule has 0 unspecified atom stereocenters. The van der Waals surface area contributed by atoms with Gasteiger partial charge in [0, 0.05) is 43.2 Å². The molecule has 34 heavy (non-hydrogen) atoms. The summed E-state index contributed by atoms with van der Waals surface area (Å²) in [6.07, 6.45) is 0. The maximum absolute atomic E-state index is 14.1. The average molecular weight is 451 g/mol. The summed E-state index contributed by atoms with van der Waals surface area (Å²) in [5.41, 5.74) is 5.90. The van der Waals surface area contributed by atoms with Crippen molar-refractivity contribution in [3.05, 3.63) is 108 Å². The largest absolute Gasteiger partial charge is 0.383 e. The van der Waals surface area contributed by atoms with E-state index in [-0.39, 0.29) is 11.9 Å². The highest BCUT2D eigenvalue weighted by atomic mass is 16.2. The van der Waals surface area contributed by atoms with Gasteiger partial charge in [-0.2, -0.15) is 0 Å². The maximum atomic E-state index is 14.1. The third kappa shape index (κ3) is 4.47. The summed E-state index contributed by atoms with van der Waals surface area (Å²) >= 11 is 0. The number of aryl methyl sites for hydroxylation is 1. The second-order valence-corrected chi connectivity index (χ2v) is 8.69. The molecule has 1 atom stereocenters. The van der Waals surface area contributed by atoms with Gasteiger partial charge in [-0.1, -0.05) is 66.7 Å². The first-order valence-electron chi connectivity index (χ1n) is 11.9. The molecule has 2 N–H and O–H groups in total. The Bertz CT molecular complexity index is 1240. The number of hydrogen-bond acceptors (Lipinski definition) is 3. The number of nitrogens with zero attached hydrogens (tertiary/aromatic N) is 2. The molecule has 5 nitrogen and oxygen atoms in total. The first kappa shape index (κ1) is 22.0. The molecule has 4 aromatic rings. The van der Waals surface area contributed by atoms with Crippen LogP contribution in [0.4, 0.5) is 5.69 Å². The highest BCUT2D eigenvalue weighted by Crippen LogP contribution is 2.32. The van der Waals surface area contributed by atoms with Crippen molar-refractivity contribution in [1.29, 1.82) is 0 Å². The molecule has 5 rings (SSSR count). The van der Waals surface area contributed by atoms with Crippen molar-refractivity contribution in [3.8, 4) is 16.9 Å². The van der Waals surface area contributed by atoms with E-state index in [1.165, 1.54) is 0 Å². The fourth-order valence-corrected chi connectivity index (χ4v) is 4.75. The van der Waals surface area contributed by atoms with E-state index in [9.17, 15) is 4.79 Å². The van der Waals surface area contributed by atoms with Crippen LogP contribution < -0.4 is 10.6 Å². The molecule has 3 aromatic carbocycles. The lowest BCUT2D eigenvalue weighted by Crippen LogP contribution is -2.56. The second kappa shape index (κ2) is 9.98. The Morgan fingerprint density at radius 3 is 2.29 bits per heavy atom. The zero-order valence-electron chi connectivity index (χ0n) is 19.4. The summed E-state index contributed by atoms with van der Waals surface area (Å²) in [6, 6.07) is 32.7. The highest BCUT2D eigenvalue weighted by Gasteiger charge is 2.31. The zero-order chi connectivity index (χ0) is 23.3. The number of hydrogen-bond donors (Lipinski definition) is 2. The van der Waals surface area contributed by atoms with Gasteiger partial charge in [0.15, 0.2) is 0 Å². The molecule has 1 saturated heterocycles. The fourth-order valence-electron chi connectivity index (χ4n) is 4.75. The molecule has 2 heterocycles. The molecule has 1 aliphatic rings. The first-order chi connectivity index (χ1) is 16.7. The third-order valence-electron chi connectivity index (χ3n) is 6.40. The van der Waals surface area contributed by atoms with E-state index in [0.29, 0.717) is 13.1 Å². The number of nitrogens with one attached hydrogen (secondary N) is 2. The standard InChI is InChI=1S/C29H30N4O/c1-22-19-27(28(23-11-5-2-6-12-23)33(22)25-15-9-4-10-16-25)29(34)32-18-17-30-20-26(32)21-31-24-13-7-3-8-14-24/h2-16,19,26,30-31H,17-18,20-21H2,1H3/t26-/m0/s1. The van der Waals surface area contributed by atoms with E-state index in [1.54, 1.807) is 0 Å². The van der Waals surface area contributed by atoms with Crippen LogP contribution in [-0.2, 0) is 0 Å². The molecule has 0 saturated carbocycles. The molecule has 1 aromatic heterocycles. The second-order valence-electron chi connectivity index (χ2n) is 8.69. The van der Waals surface area contributed by atoms with Crippen molar-refractivity contribution in [1.82, 2.24) is 14.8 Å². The van der Waals surface area contributed by atoms with Crippen LogP contribution in [0.2, 0.25) is 0 Å². The number of anilines is 1. The average Bonchev–Trinajstić information content (AvgIpc) is 3.26. The minimum atomic E-state index is 0.0606. The molecule has 1 aliphatic heterocycles. The Morgan fingerprint density at radius 1 is 0.941 bits per heavy atom. The molecular weight excluding hydrogens is 420 g/mol. The summed E-state index contributed by atoms with van der Waals surface area (Å²) in [6.45, 7) is 5.02. The monoisotopic (exact) mass is 450 g/mol. The lowest BCUT2D eigenvalue weighted by molar-refractivity contribution is 0.0650. The predicted octanol–water partition coefficient (Wildman–Crippen LogP) is 4.98. The van der Waals surface area contributed by atoms with Crippen molar-refractivity contribution < 1.29 is 4.79 Å². The van der Waals surface area contributed by atoms with E-state index < -0.39 is 0 Å². The molecule has 0 radical (unpaired) electrons. The van der Waals surface area contributed by atoms with Crippen LogP contribution in [0, 0.1) is 6.92 Å². The quantitative estimate of drug-likeness (QED) is 0.436. The number of benzene rings is 3. The Kier molecular flexibility index (Phi) is 6.45. The van der Waals surface area contributed by atoms with Gasteiger partial charge in [0.2, 0.25) is 0 Å². The Balaban J connectivity index is 1.51. The Morgan fingerprint density at radius 2 is 1.59 bits per heavy atom. The van der Waals surface area contributed by atoms with Gasteiger partial charge in [-0.25, -0.2) is 0 Å². The number of piperazine rings is 1. The van der Waals surface area contributed by atoms with Gasteiger partial charge >= 0.3 is 0 Å². The van der Waals surface area contributed by atoms with Crippen molar-refractivity contribution >= 4 is 11.6 Å². The lowest BCUT2D eigenvalue weighted by atomic mass is 10.0. The van der Waals surface area contributed by atoms with Gasteiger partial charge in [-0.3, -0.25) is 4.79 Å². The van der Waals surface area contributed by atoms with E-state index >= 15 is 0 Å². The predicted molar refractivity (Wildman–Crippen MR) is 139 cm³/mol. The number of para-hydroxylation sites is 2. The molecule has 1 fully saturated rings. The van der Waals surface area contributed by atoms with Gasteiger partial charge < -0.3 is 20.1 Å². The highest BCUT2D eigenvalue weighted by molar-refractivity contribution is 6.01. The molecular formula is C29H30N4O. The number of aromatic nitrogens is 1. The van der Waals surface area contributed by atoms with Crippen LogP contribution in [-0.4, -0.2) is 47.6 Å². The molecule has 0 aliphatic carbocycles. The van der Waals surface area contributed by atoms with Crippen molar-refractivity contribution in [3.63, 3.8) is 0 Å². The summed E-state index contributed by atoms with van der Waals surface area (Å²) in [5.74, 6) is 0.0815. The van der Waals surface area contributed by atoms with Gasteiger partial charge in [0.1, 0.15) is 0 Å². The third-order valence-corrected chi connectivity index (χ3v) is 6.40. The van der Waals surface area contributed by atoms with Gasteiger partial charge in [0.25, 0.3) is 5.91 Å². The van der Waals surface area contributed by atoms with Gasteiger partial charge in [-0.15, -0.1) is 0 Å². The van der Waals surface area contributed by atoms with E-state index in [0.717, 1.165) is 47.0 Å². The molecule has 0 bridgehead atoms. The molecule has 0 spiro atoms. The van der Waals surface area contributed by atoms with Crippen LogP contribution >= 0.6 is 0 Å². The van der Waals surface area contributed by atoms with E-state index in [2.05, 4.69) is 58.5 Å². The first-order valence-corrected chi connectivity index (χ1v) is 11.9. The Hall–Kier alpha value is -3.83. The van der Waals surface area contributed by atoms with E-state index in [4.69, 9.17) is 0 Å². The molecule has 1 amide bonds. The fraction of sp³-hybridized carbons (Fsp3) is 0.207. The molecule has 172 valence electrons. The van der Waals surface area contributed by atoms with Crippen LogP contribution in [0.15, 0.2) is 97.1 Å². The van der Waals surface area contributed by atoms with Crippen molar-refractivity contribution in [2.24, 2.45) is 0 Å². The SMILES string of the molecule is Cc1cc(C(=O)N2CCNC[C@H]2CNc2ccccc2)c(-c2ccccc2)n1-c1ccccc1. The number of carbonyl (C=O) groups is 1. The minimum absolute atomic E-state index is 0.0606. The van der Waals surface area contributed by atoms with Crippen LogP contribution in [0.5, 0.6) is 0 Å². The van der Waals surface area contributed by atoms with Crippen molar-refractivity contribution in [2.75, 3.05) is 31.5 Å². The lowest BCUT2D eigenvalue weighted by Gasteiger charge is -2.36. The smallest absolute Gasteiger partial charge is 0.256 e. The van der Waals surface area contributed by atoms with Crippen molar-refractivity contribution in [2.45, 2.75) is 13.0 Å². The van der Waals surface area contributed by atoms with E-state index in [1.807, 2.05) is 65.6 Å². The van der Waals surface area contributed by atoms with Crippen LogP contribution in [0.25, 0.3) is 16.9 Å². The topological polar surface area (TPSA) is 49.3 Å². The normalized spacial score (nSPS) is 15.8. The maximum Gasteiger partial charge on any atom is 0.256 e. The zero-order valence-corrected chi connectivity index (χ0v) is 19.4. The Labute approximate surface area is 201 Å². The number of rotatable bonds is 6. The number of amides is 1. The number of carbonyl (C=O) groups excluding carboxylic acids is 1. The van der Waals surface area contributed by atoms with Crippen LogP contribution in [0.1, 0.15) is 16.1 Å². The van der Waals surface area contributed by atoms with Gasteiger partial charge in [0.05, 0.1) is 17.3 Å². The summed E-state index contributed by atoms with van der Waals surface area (Å²) in [7, 11) is 0. The summed E-state index contributed by atoms with van der Waals surface area (Å²) in [4.78, 5) is 16.1.